The molecular weight excluding hydrogens is 265 g/mol. The molecule has 4 amide bonds. The summed E-state index contributed by atoms with van der Waals surface area (Å²) >= 11 is 0. The number of nitrogens with one attached hydrogen (secondary N) is 1. The average Bonchev–Trinajstić information content (AvgIpc) is 2.51. The number of hydrogen-bond acceptors (Lipinski definition) is 3. The number of fused-ring (bicyclic) bond motifs is 1. The van der Waals surface area contributed by atoms with Crippen LogP contribution in [0.25, 0.3) is 0 Å². The Balaban J connectivity index is 2.28. The van der Waals surface area contributed by atoms with Crippen molar-refractivity contribution in [2.75, 3.05) is 13.2 Å². The van der Waals surface area contributed by atoms with E-state index in [0.717, 1.165) is 17.7 Å². The number of urea groups is 1. The fourth-order valence-electron chi connectivity index (χ4n) is 2.75. The Bertz CT molecular complexity index is 475. The molecule has 20 heavy (non-hydrogen) atoms. The van der Waals surface area contributed by atoms with Crippen LogP contribution in [0, 0.1) is 5.92 Å². The summed E-state index contributed by atoms with van der Waals surface area (Å²) in [4.78, 5) is 36.6. The molecule has 1 heterocycles. The maximum atomic E-state index is 12.2. The van der Waals surface area contributed by atoms with Crippen LogP contribution in [-0.2, 0) is 9.59 Å². The number of carbonyl (C=O) groups excluding carboxylic acids is 3. The summed E-state index contributed by atoms with van der Waals surface area (Å²) in [5.41, 5.74) is 6.20. The van der Waals surface area contributed by atoms with Gasteiger partial charge in [-0.2, -0.15) is 0 Å². The van der Waals surface area contributed by atoms with Crippen LogP contribution in [0.15, 0.2) is 11.3 Å². The highest BCUT2D eigenvalue weighted by molar-refractivity contribution is 5.99. The Morgan fingerprint density at radius 3 is 2.85 bits per heavy atom. The molecule has 7 heteroatoms. The van der Waals surface area contributed by atoms with E-state index in [4.69, 9.17) is 5.73 Å². The summed E-state index contributed by atoms with van der Waals surface area (Å²) in [7, 11) is 0. The number of nitrogens with zero attached hydrogens (tertiary/aromatic N) is 1. The summed E-state index contributed by atoms with van der Waals surface area (Å²) in [5, 5.41) is 2.62. The molecule has 0 radical (unpaired) electrons. The van der Waals surface area contributed by atoms with Crippen LogP contribution < -0.4 is 11.1 Å². The summed E-state index contributed by atoms with van der Waals surface area (Å²) in [5.74, 6) is -1.07. The van der Waals surface area contributed by atoms with Crippen LogP contribution >= 0.6 is 0 Å². The van der Waals surface area contributed by atoms with Gasteiger partial charge in [0.05, 0.1) is 6.67 Å². The van der Waals surface area contributed by atoms with Crippen LogP contribution in [0.4, 0.5) is 9.18 Å². The molecule has 1 unspecified atom stereocenters. The quantitative estimate of drug-likeness (QED) is 0.800. The lowest BCUT2D eigenvalue weighted by Gasteiger charge is -2.24. The van der Waals surface area contributed by atoms with E-state index in [1.54, 1.807) is 0 Å². The molecule has 2 rings (SSSR count). The topological polar surface area (TPSA) is 92.5 Å². The number of hydrogen-bond donors (Lipinski definition) is 2. The number of carbonyl (C=O) groups is 3. The van der Waals surface area contributed by atoms with E-state index >= 15 is 0 Å². The zero-order chi connectivity index (χ0) is 14.7. The number of imide groups is 1. The van der Waals surface area contributed by atoms with Gasteiger partial charge in [0.2, 0.25) is 11.8 Å². The largest absolute Gasteiger partial charge is 0.366 e. The highest BCUT2D eigenvalue weighted by Crippen LogP contribution is 2.33. The number of nitrogens with two attached hydrogens (primary N) is 1. The minimum absolute atomic E-state index is 0.0487. The summed E-state index contributed by atoms with van der Waals surface area (Å²) in [6, 6.07) is -0.596. The van der Waals surface area contributed by atoms with E-state index < -0.39 is 18.6 Å². The number of halogens is 1. The molecular formula is C13H18FN3O3. The van der Waals surface area contributed by atoms with E-state index in [9.17, 15) is 18.8 Å². The van der Waals surface area contributed by atoms with E-state index in [0.29, 0.717) is 17.7 Å². The zero-order valence-electron chi connectivity index (χ0n) is 11.2. The lowest BCUT2D eigenvalue weighted by atomic mass is 9.84. The van der Waals surface area contributed by atoms with Gasteiger partial charge in [-0.3, -0.25) is 18.9 Å². The molecule has 1 saturated heterocycles. The molecule has 1 aliphatic heterocycles. The first-order valence-corrected chi connectivity index (χ1v) is 6.74. The smallest absolute Gasteiger partial charge is 0.328 e. The number of amides is 4. The van der Waals surface area contributed by atoms with E-state index in [-0.39, 0.29) is 31.2 Å². The van der Waals surface area contributed by atoms with Crippen LogP contribution in [-0.4, -0.2) is 36.0 Å². The Kier molecular flexibility index (Phi) is 4.36. The van der Waals surface area contributed by atoms with Crippen molar-refractivity contribution in [2.45, 2.75) is 32.1 Å². The third kappa shape index (κ3) is 2.81. The number of rotatable bonds is 4. The summed E-state index contributed by atoms with van der Waals surface area (Å²) in [6.45, 7) is -0.539. The average molecular weight is 283 g/mol. The van der Waals surface area contributed by atoms with Gasteiger partial charge in [0, 0.05) is 30.2 Å². The molecule has 6 nitrogen and oxygen atoms in total. The SMILES string of the molecule is NC(=O)C1=C2NC(=O)N(CCCF)C(=O)CC2CCC1. The fraction of sp³-hybridized carbons (Fsp3) is 0.615. The van der Waals surface area contributed by atoms with Crippen LogP contribution in [0.1, 0.15) is 32.1 Å². The van der Waals surface area contributed by atoms with E-state index in [1.807, 2.05) is 0 Å². The standard InChI is InChI=1S/C13H18FN3O3/c14-5-2-6-17-10(18)7-8-3-1-4-9(12(15)19)11(8)16-13(17)20/h8H,1-7H2,(H2,15,19)(H,16,20). The van der Waals surface area contributed by atoms with Gasteiger partial charge in [-0.05, 0) is 25.7 Å². The van der Waals surface area contributed by atoms with Crippen molar-refractivity contribution in [3.05, 3.63) is 11.3 Å². The molecule has 0 aromatic rings. The first kappa shape index (κ1) is 14.5. The van der Waals surface area contributed by atoms with Gasteiger partial charge >= 0.3 is 6.03 Å². The van der Waals surface area contributed by atoms with Gasteiger partial charge in [0.25, 0.3) is 0 Å². The van der Waals surface area contributed by atoms with Crippen LogP contribution in [0.2, 0.25) is 0 Å². The summed E-state index contributed by atoms with van der Waals surface area (Å²) < 4.78 is 12.2. The number of primary amides is 1. The number of allylic oxidation sites excluding steroid dienone is 1. The van der Waals surface area contributed by atoms with Crippen LogP contribution in [0.5, 0.6) is 0 Å². The predicted octanol–water partition coefficient (Wildman–Crippen LogP) is 0.827. The molecule has 0 bridgehead atoms. The maximum Gasteiger partial charge on any atom is 0.328 e. The molecule has 1 aliphatic carbocycles. The molecule has 2 aliphatic rings. The lowest BCUT2D eigenvalue weighted by molar-refractivity contribution is -0.128. The van der Waals surface area contributed by atoms with Gasteiger partial charge in [0.15, 0.2) is 0 Å². The Morgan fingerprint density at radius 2 is 2.20 bits per heavy atom. The van der Waals surface area contributed by atoms with Gasteiger partial charge in [-0.15, -0.1) is 0 Å². The first-order valence-electron chi connectivity index (χ1n) is 6.74. The van der Waals surface area contributed by atoms with Crippen molar-refractivity contribution in [3.8, 4) is 0 Å². The van der Waals surface area contributed by atoms with Crippen LogP contribution in [0.3, 0.4) is 0 Å². The third-order valence-corrected chi connectivity index (χ3v) is 3.73. The lowest BCUT2D eigenvalue weighted by Crippen LogP contribution is -2.42. The van der Waals surface area contributed by atoms with Crippen molar-refractivity contribution in [3.63, 3.8) is 0 Å². The van der Waals surface area contributed by atoms with Gasteiger partial charge in [-0.1, -0.05) is 0 Å². The summed E-state index contributed by atoms with van der Waals surface area (Å²) in [6.07, 6.45) is 2.28. The Labute approximate surface area is 116 Å². The van der Waals surface area contributed by atoms with Gasteiger partial charge < -0.3 is 11.1 Å². The third-order valence-electron chi connectivity index (χ3n) is 3.73. The van der Waals surface area contributed by atoms with Gasteiger partial charge in [-0.25, -0.2) is 4.79 Å². The number of alkyl halides is 1. The predicted molar refractivity (Wildman–Crippen MR) is 69.0 cm³/mol. The molecule has 3 N–H and O–H groups in total. The fourth-order valence-corrected chi connectivity index (χ4v) is 2.75. The second kappa shape index (κ2) is 6.02. The van der Waals surface area contributed by atoms with E-state index in [1.165, 1.54) is 0 Å². The second-order valence-electron chi connectivity index (χ2n) is 5.07. The van der Waals surface area contributed by atoms with E-state index in [2.05, 4.69) is 5.32 Å². The van der Waals surface area contributed by atoms with Crippen molar-refractivity contribution >= 4 is 17.8 Å². The molecule has 0 spiro atoms. The van der Waals surface area contributed by atoms with Gasteiger partial charge in [0.1, 0.15) is 0 Å². The molecule has 0 aromatic carbocycles. The maximum absolute atomic E-state index is 12.2. The highest BCUT2D eigenvalue weighted by Gasteiger charge is 2.35. The second-order valence-corrected chi connectivity index (χ2v) is 5.07. The molecule has 0 saturated carbocycles. The Hall–Kier alpha value is -1.92. The van der Waals surface area contributed by atoms with Crippen molar-refractivity contribution in [1.82, 2.24) is 10.2 Å². The Morgan fingerprint density at radius 1 is 1.45 bits per heavy atom. The van der Waals surface area contributed by atoms with Crippen molar-refractivity contribution in [1.29, 1.82) is 0 Å². The monoisotopic (exact) mass is 283 g/mol. The minimum atomic E-state index is -0.596. The normalized spacial score (nSPS) is 23.2. The first-order chi connectivity index (χ1) is 9.54. The molecule has 0 aromatic heterocycles. The zero-order valence-corrected chi connectivity index (χ0v) is 11.2. The highest BCUT2D eigenvalue weighted by atomic mass is 19.1. The molecule has 1 fully saturated rings. The van der Waals surface area contributed by atoms with Crippen molar-refractivity contribution in [2.24, 2.45) is 11.7 Å². The minimum Gasteiger partial charge on any atom is -0.366 e. The molecule has 110 valence electrons. The molecule has 1 atom stereocenters. The van der Waals surface area contributed by atoms with Crippen molar-refractivity contribution < 1.29 is 18.8 Å².